The highest BCUT2D eigenvalue weighted by molar-refractivity contribution is 7.91. The molecule has 0 spiro atoms. The number of carbonyl (C=O) groups excluding carboxylic acids is 1. The fourth-order valence-electron chi connectivity index (χ4n) is 3.82. The lowest BCUT2D eigenvalue weighted by Crippen LogP contribution is -2.54. The molecular formula is C21H18ClN3O3S3. The molecule has 0 bridgehead atoms. The standard InChI is InChI=1S/C21H18ClN3O3S3/c22-16-2-1-14-8-21(30-20(14)9-16)31(27,28)25-6-5-24(17(11-25)13-26)12-18-7-15-10-23-4-3-19(15)29-18/h1-4,7-10,13,17H,5-6,11-12H2. The van der Waals surface area contributed by atoms with Gasteiger partial charge in [-0.15, -0.1) is 22.7 Å². The lowest BCUT2D eigenvalue weighted by Gasteiger charge is -2.37. The third kappa shape index (κ3) is 4.02. The molecule has 1 unspecified atom stereocenters. The molecule has 10 heteroatoms. The summed E-state index contributed by atoms with van der Waals surface area (Å²) in [6.07, 6.45) is 4.44. The van der Waals surface area contributed by atoms with E-state index in [9.17, 15) is 13.2 Å². The van der Waals surface area contributed by atoms with Crippen LogP contribution in [0.5, 0.6) is 0 Å². The van der Waals surface area contributed by atoms with Crippen LogP contribution in [0, 0.1) is 0 Å². The number of hydrogen-bond donors (Lipinski definition) is 0. The highest BCUT2D eigenvalue weighted by atomic mass is 35.5. The topological polar surface area (TPSA) is 70.6 Å². The molecule has 160 valence electrons. The summed E-state index contributed by atoms with van der Waals surface area (Å²) < 4.78 is 30.2. The molecule has 4 heterocycles. The minimum absolute atomic E-state index is 0.146. The number of thiophene rings is 2. The van der Waals surface area contributed by atoms with Gasteiger partial charge < -0.3 is 4.79 Å². The third-order valence-corrected chi connectivity index (χ3v) is 10.2. The second kappa shape index (κ2) is 8.23. The predicted octanol–water partition coefficient (Wildman–Crippen LogP) is 4.24. The molecule has 4 aromatic rings. The van der Waals surface area contributed by atoms with Gasteiger partial charge in [-0.05, 0) is 35.7 Å². The second-order valence-corrected chi connectivity index (χ2v) is 12.3. The van der Waals surface area contributed by atoms with Gasteiger partial charge in [-0.25, -0.2) is 8.42 Å². The number of fused-ring (bicyclic) bond motifs is 2. The number of carbonyl (C=O) groups is 1. The van der Waals surface area contributed by atoms with Crippen molar-refractivity contribution in [3.63, 3.8) is 0 Å². The minimum atomic E-state index is -3.68. The quantitative estimate of drug-likeness (QED) is 0.390. The predicted molar refractivity (Wildman–Crippen MR) is 125 cm³/mol. The van der Waals surface area contributed by atoms with E-state index in [1.54, 1.807) is 35.7 Å². The van der Waals surface area contributed by atoms with Crippen molar-refractivity contribution in [3.8, 4) is 0 Å². The summed E-state index contributed by atoms with van der Waals surface area (Å²) in [4.78, 5) is 19.2. The van der Waals surface area contributed by atoms with Gasteiger partial charge in [0.15, 0.2) is 0 Å². The largest absolute Gasteiger partial charge is 0.302 e. The van der Waals surface area contributed by atoms with Gasteiger partial charge in [0.2, 0.25) is 0 Å². The van der Waals surface area contributed by atoms with E-state index in [0.717, 1.165) is 31.3 Å². The average molecular weight is 492 g/mol. The zero-order chi connectivity index (χ0) is 21.6. The van der Waals surface area contributed by atoms with Crippen LogP contribution < -0.4 is 0 Å². The van der Waals surface area contributed by atoms with Crippen molar-refractivity contribution in [3.05, 3.63) is 58.7 Å². The Kier molecular flexibility index (Phi) is 5.58. The van der Waals surface area contributed by atoms with Gasteiger partial charge >= 0.3 is 0 Å². The van der Waals surface area contributed by atoms with Crippen LogP contribution in [0.3, 0.4) is 0 Å². The van der Waals surface area contributed by atoms with Crippen LogP contribution >= 0.6 is 34.3 Å². The smallest absolute Gasteiger partial charge is 0.252 e. The normalized spacial score (nSPS) is 18.7. The van der Waals surface area contributed by atoms with Crippen molar-refractivity contribution in [1.29, 1.82) is 0 Å². The van der Waals surface area contributed by atoms with E-state index in [0.29, 0.717) is 24.7 Å². The second-order valence-electron chi connectivity index (χ2n) is 7.41. The van der Waals surface area contributed by atoms with Gasteiger partial charge in [-0.1, -0.05) is 17.7 Å². The van der Waals surface area contributed by atoms with Gasteiger partial charge in [0.1, 0.15) is 10.5 Å². The van der Waals surface area contributed by atoms with E-state index < -0.39 is 16.1 Å². The summed E-state index contributed by atoms with van der Waals surface area (Å²) in [6.45, 7) is 1.59. The van der Waals surface area contributed by atoms with Crippen molar-refractivity contribution < 1.29 is 13.2 Å². The number of aldehydes is 1. The van der Waals surface area contributed by atoms with Crippen LogP contribution in [0.4, 0.5) is 0 Å². The van der Waals surface area contributed by atoms with Gasteiger partial charge in [-0.2, -0.15) is 4.31 Å². The number of sulfonamides is 1. The Morgan fingerprint density at radius 1 is 1.10 bits per heavy atom. The van der Waals surface area contributed by atoms with E-state index >= 15 is 0 Å². The summed E-state index contributed by atoms with van der Waals surface area (Å²) in [5, 5.41) is 2.50. The highest BCUT2D eigenvalue weighted by Crippen LogP contribution is 2.34. The van der Waals surface area contributed by atoms with Gasteiger partial charge in [0, 0.05) is 63.3 Å². The van der Waals surface area contributed by atoms with Crippen molar-refractivity contribution >= 4 is 70.8 Å². The van der Waals surface area contributed by atoms with E-state index in [2.05, 4.69) is 11.1 Å². The first-order chi connectivity index (χ1) is 14.9. The number of pyridine rings is 1. The zero-order valence-corrected chi connectivity index (χ0v) is 19.5. The number of hydrogen-bond acceptors (Lipinski definition) is 7. The van der Waals surface area contributed by atoms with Crippen LogP contribution in [0.2, 0.25) is 5.02 Å². The maximum atomic E-state index is 13.2. The van der Waals surface area contributed by atoms with Crippen molar-refractivity contribution in [2.45, 2.75) is 16.8 Å². The number of benzene rings is 1. The van der Waals surface area contributed by atoms with Gasteiger partial charge in [0.05, 0.1) is 6.04 Å². The summed E-state index contributed by atoms with van der Waals surface area (Å²) in [5.74, 6) is 0. The van der Waals surface area contributed by atoms with Crippen LogP contribution in [0.1, 0.15) is 4.88 Å². The van der Waals surface area contributed by atoms with E-state index in [1.807, 2.05) is 23.2 Å². The molecule has 1 aliphatic rings. The molecule has 3 aromatic heterocycles. The molecule has 0 aliphatic carbocycles. The Bertz CT molecular complexity index is 1350. The van der Waals surface area contributed by atoms with Crippen LogP contribution in [0.25, 0.3) is 20.2 Å². The Hall–Kier alpha value is -1.88. The number of halogens is 1. The molecular weight excluding hydrogens is 474 g/mol. The van der Waals surface area contributed by atoms with Crippen LogP contribution in [-0.4, -0.2) is 54.6 Å². The van der Waals surface area contributed by atoms with Crippen LogP contribution in [-0.2, 0) is 21.4 Å². The number of piperazine rings is 1. The van der Waals surface area contributed by atoms with Crippen LogP contribution in [0.15, 0.2) is 53.0 Å². The van der Waals surface area contributed by atoms with Gasteiger partial charge in [-0.3, -0.25) is 9.88 Å². The summed E-state index contributed by atoms with van der Waals surface area (Å²) >= 11 is 8.91. The molecule has 0 saturated carbocycles. The molecule has 1 fully saturated rings. The van der Waals surface area contributed by atoms with Crippen molar-refractivity contribution in [2.24, 2.45) is 0 Å². The number of aromatic nitrogens is 1. The maximum Gasteiger partial charge on any atom is 0.252 e. The number of rotatable bonds is 5. The molecule has 5 rings (SSSR count). The van der Waals surface area contributed by atoms with Gasteiger partial charge in [0.25, 0.3) is 10.0 Å². The molecule has 0 amide bonds. The Balaban J connectivity index is 1.35. The maximum absolute atomic E-state index is 13.2. The molecule has 1 saturated heterocycles. The molecule has 0 N–H and O–H groups in total. The fraction of sp³-hybridized carbons (Fsp3) is 0.238. The Labute approximate surface area is 192 Å². The van der Waals surface area contributed by atoms with Crippen molar-refractivity contribution in [2.75, 3.05) is 19.6 Å². The highest BCUT2D eigenvalue weighted by Gasteiger charge is 2.35. The molecule has 6 nitrogen and oxygen atoms in total. The first-order valence-corrected chi connectivity index (χ1v) is 13.1. The molecule has 1 aliphatic heterocycles. The average Bonchev–Trinajstić information content (AvgIpc) is 3.37. The first kappa shape index (κ1) is 21.0. The molecule has 31 heavy (non-hydrogen) atoms. The lowest BCUT2D eigenvalue weighted by atomic mass is 10.2. The van der Waals surface area contributed by atoms with E-state index in [-0.39, 0.29) is 10.8 Å². The SMILES string of the molecule is O=CC1CN(S(=O)(=O)c2cc3ccc(Cl)cc3s2)CCN1Cc1cc2cnccc2s1. The fourth-order valence-corrected chi connectivity index (χ4v) is 8.15. The summed E-state index contributed by atoms with van der Waals surface area (Å²) in [7, 11) is -3.68. The van der Waals surface area contributed by atoms with E-state index in [4.69, 9.17) is 11.6 Å². The summed E-state index contributed by atoms with van der Waals surface area (Å²) in [5.41, 5.74) is 0. The van der Waals surface area contributed by atoms with Crippen molar-refractivity contribution in [1.82, 2.24) is 14.2 Å². The number of nitrogens with zero attached hydrogens (tertiary/aromatic N) is 3. The monoisotopic (exact) mass is 491 g/mol. The molecule has 0 radical (unpaired) electrons. The molecule has 1 aromatic carbocycles. The lowest BCUT2D eigenvalue weighted by molar-refractivity contribution is -0.114. The van der Waals surface area contributed by atoms with E-state index in [1.165, 1.54) is 15.6 Å². The molecule has 1 atom stereocenters. The minimum Gasteiger partial charge on any atom is -0.302 e. The Morgan fingerprint density at radius 3 is 2.77 bits per heavy atom. The first-order valence-electron chi connectivity index (χ1n) is 9.65. The third-order valence-electron chi connectivity index (χ3n) is 5.43. The zero-order valence-electron chi connectivity index (χ0n) is 16.3. The summed E-state index contributed by atoms with van der Waals surface area (Å²) in [6, 6.07) is 10.6. The Morgan fingerprint density at radius 2 is 1.97 bits per heavy atom.